The average molecular weight is 320 g/mol. The molecule has 1 atom stereocenters. The second-order valence-electron chi connectivity index (χ2n) is 6.60. The Bertz CT molecular complexity index is 532. The van der Waals surface area contributed by atoms with Gasteiger partial charge in [0.1, 0.15) is 5.82 Å². The molecule has 126 valence electrons. The van der Waals surface area contributed by atoms with Gasteiger partial charge in [-0.2, -0.15) is 0 Å². The fourth-order valence-electron chi connectivity index (χ4n) is 3.67. The Morgan fingerprint density at radius 1 is 1.22 bits per heavy atom. The van der Waals surface area contributed by atoms with Crippen molar-refractivity contribution >= 4 is 5.91 Å². The minimum absolute atomic E-state index is 0.0270. The van der Waals surface area contributed by atoms with E-state index in [1.165, 1.54) is 12.5 Å². The van der Waals surface area contributed by atoms with E-state index in [1.54, 1.807) is 18.2 Å². The van der Waals surface area contributed by atoms with Crippen molar-refractivity contribution in [3.8, 4) is 0 Å². The molecule has 1 aromatic carbocycles. The summed E-state index contributed by atoms with van der Waals surface area (Å²) in [5.41, 5.74) is 0.530. The van der Waals surface area contributed by atoms with Gasteiger partial charge in [-0.05, 0) is 43.7 Å². The van der Waals surface area contributed by atoms with E-state index >= 15 is 0 Å². The Morgan fingerprint density at radius 2 is 2.00 bits per heavy atom. The minimum atomic E-state index is -0.270. The van der Waals surface area contributed by atoms with Crippen LogP contribution in [0.1, 0.15) is 24.8 Å². The third-order valence-corrected chi connectivity index (χ3v) is 5.04. The number of carbonyl (C=O) groups is 1. The van der Waals surface area contributed by atoms with E-state index in [1.807, 2.05) is 0 Å². The zero-order valence-electron chi connectivity index (χ0n) is 13.5. The van der Waals surface area contributed by atoms with Crippen LogP contribution in [0.15, 0.2) is 24.3 Å². The number of benzene rings is 1. The van der Waals surface area contributed by atoms with E-state index in [4.69, 9.17) is 4.74 Å². The predicted octanol–water partition coefficient (Wildman–Crippen LogP) is 2.19. The van der Waals surface area contributed by atoms with Crippen LogP contribution in [0, 0.1) is 17.7 Å². The van der Waals surface area contributed by atoms with Crippen molar-refractivity contribution in [1.82, 2.24) is 10.2 Å². The van der Waals surface area contributed by atoms with Crippen LogP contribution in [0.5, 0.6) is 0 Å². The molecule has 0 spiro atoms. The van der Waals surface area contributed by atoms with Gasteiger partial charge in [-0.25, -0.2) is 4.39 Å². The molecule has 2 saturated heterocycles. The van der Waals surface area contributed by atoms with Crippen LogP contribution in [0.2, 0.25) is 0 Å². The first-order chi connectivity index (χ1) is 11.2. The molecule has 0 aliphatic carbocycles. The summed E-state index contributed by atoms with van der Waals surface area (Å²) in [6, 6.07) is 6.55. The largest absolute Gasteiger partial charge is 0.381 e. The molecular formula is C18H25FN2O2. The van der Waals surface area contributed by atoms with Crippen molar-refractivity contribution in [3.05, 3.63) is 35.6 Å². The molecule has 1 amide bonds. The SMILES string of the molecule is O=C(CN1CCC(C2CCOCC2)C1)NCc1ccccc1F. The van der Waals surface area contributed by atoms with Gasteiger partial charge in [0.05, 0.1) is 6.54 Å². The number of hydrogen-bond acceptors (Lipinski definition) is 3. The maximum Gasteiger partial charge on any atom is 0.234 e. The molecule has 1 N–H and O–H groups in total. The predicted molar refractivity (Wildman–Crippen MR) is 86.3 cm³/mol. The molecular weight excluding hydrogens is 295 g/mol. The number of amides is 1. The van der Waals surface area contributed by atoms with E-state index < -0.39 is 0 Å². The van der Waals surface area contributed by atoms with Crippen LogP contribution in [-0.4, -0.2) is 43.7 Å². The topological polar surface area (TPSA) is 41.6 Å². The fraction of sp³-hybridized carbons (Fsp3) is 0.611. The van der Waals surface area contributed by atoms with Crippen LogP contribution in [0.3, 0.4) is 0 Å². The number of halogens is 1. The Kier molecular flexibility index (Phi) is 5.62. The third kappa shape index (κ3) is 4.52. The van der Waals surface area contributed by atoms with Crippen molar-refractivity contribution in [2.45, 2.75) is 25.8 Å². The number of carbonyl (C=O) groups excluding carboxylic acids is 1. The van der Waals surface area contributed by atoms with Crippen LogP contribution in [0.25, 0.3) is 0 Å². The number of nitrogens with zero attached hydrogens (tertiary/aromatic N) is 1. The maximum atomic E-state index is 13.5. The van der Waals surface area contributed by atoms with E-state index in [2.05, 4.69) is 10.2 Å². The van der Waals surface area contributed by atoms with Gasteiger partial charge in [-0.15, -0.1) is 0 Å². The normalized spacial score (nSPS) is 23.1. The summed E-state index contributed by atoms with van der Waals surface area (Å²) in [7, 11) is 0. The number of likely N-dealkylation sites (tertiary alicyclic amines) is 1. The fourth-order valence-corrected chi connectivity index (χ4v) is 3.67. The van der Waals surface area contributed by atoms with Crippen LogP contribution >= 0.6 is 0 Å². The monoisotopic (exact) mass is 320 g/mol. The highest BCUT2D eigenvalue weighted by molar-refractivity contribution is 5.78. The lowest BCUT2D eigenvalue weighted by atomic mass is 9.85. The Morgan fingerprint density at radius 3 is 2.78 bits per heavy atom. The van der Waals surface area contributed by atoms with Crippen molar-refractivity contribution in [1.29, 1.82) is 0 Å². The van der Waals surface area contributed by atoms with E-state index in [-0.39, 0.29) is 18.3 Å². The summed E-state index contributed by atoms with van der Waals surface area (Å²) in [6.07, 6.45) is 3.47. The molecule has 0 aromatic heterocycles. The van der Waals surface area contributed by atoms with Crippen molar-refractivity contribution in [2.24, 2.45) is 11.8 Å². The van der Waals surface area contributed by atoms with Gasteiger partial charge >= 0.3 is 0 Å². The lowest BCUT2D eigenvalue weighted by Gasteiger charge is -2.27. The molecule has 2 aliphatic rings. The third-order valence-electron chi connectivity index (χ3n) is 5.04. The highest BCUT2D eigenvalue weighted by Gasteiger charge is 2.31. The summed E-state index contributed by atoms with van der Waals surface area (Å²) < 4.78 is 19.0. The van der Waals surface area contributed by atoms with Crippen LogP contribution in [-0.2, 0) is 16.1 Å². The smallest absolute Gasteiger partial charge is 0.234 e. The molecule has 2 aliphatic heterocycles. The first-order valence-electron chi connectivity index (χ1n) is 8.52. The Balaban J connectivity index is 1.41. The first-order valence-corrected chi connectivity index (χ1v) is 8.52. The lowest BCUT2D eigenvalue weighted by Crippen LogP contribution is -2.36. The second-order valence-corrected chi connectivity index (χ2v) is 6.60. The Hall–Kier alpha value is -1.46. The summed E-state index contributed by atoms with van der Waals surface area (Å²) in [5.74, 6) is 1.14. The molecule has 2 heterocycles. The van der Waals surface area contributed by atoms with Gasteiger partial charge in [-0.3, -0.25) is 9.69 Å². The Labute approximate surface area is 137 Å². The molecule has 23 heavy (non-hydrogen) atoms. The van der Waals surface area contributed by atoms with Gasteiger partial charge in [0.2, 0.25) is 5.91 Å². The molecule has 4 nitrogen and oxygen atoms in total. The summed E-state index contributed by atoms with van der Waals surface area (Å²) in [4.78, 5) is 14.3. The minimum Gasteiger partial charge on any atom is -0.381 e. The highest BCUT2D eigenvalue weighted by Crippen LogP contribution is 2.30. The lowest BCUT2D eigenvalue weighted by molar-refractivity contribution is -0.122. The highest BCUT2D eigenvalue weighted by atomic mass is 19.1. The summed E-state index contributed by atoms with van der Waals surface area (Å²) >= 11 is 0. The van der Waals surface area contributed by atoms with Gasteiger partial charge < -0.3 is 10.1 Å². The number of rotatable bonds is 5. The summed E-state index contributed by atoms with van der Waals surface area (Å²) in [6.45, 7) is 4.40. The van der Waals surface area contributed by atoms with E-state index in [0.29, 0.717) is 18.0 Å². The zero-order chi connectivity index (χ0) is 16.1. The molecule has 5 heteroatoms. The number of ether oxygens (including phenoxy) is 1. The second kappa shape index (κ2) is 7.88. The molecule has 0 saturated carbocycles. The van der Waals surface area contributed by atoms with Crippen molar-refractivity contribution in [2.75, 3.05) is 32.8 Å². The quantitative estimate of drug-likeness (QED) is 0.904. The van der Waals surface area contributed by atoms with E-state index in [9.17, 15) is 9.18 Å². The molecule has 1 unspecified atom stereocenters. The molecule has 0 bridgehead atoms. The maximum absolute atomic E-state index is 13.5. The molecule has 1 aromatic rings. The van der Waals surface area contributed by atoms with Gasteiger partial charge in [0, 0.05) is 31.9 Å². The first kappa shape index (κ1) is 16.4. The number of nitrogens with one attached hydrogen (secondary N) is 1. The van der Waals surface area contributed by atoms with Crippen LogP contribution < -0.4 is 5.32 Å². The molecule has 2 fully saturated rings. The van der Waals surface area contributed by atoms with Crippen LogP contribution in [0.4, 0.5) is 4.39 Å². The van der Waals surface area contributed by atoms with Gasteiger partial charge in [0.25, 0.3) is 0 Å². The van der Waals surface area contributed by atoms with Gasteiger partial charge in [-0.1, -0.05) is 18.2 Å². The van der Waals surface area contributed by atoms with E-state index in [0.717, 1.165) is 45.1 Å². The van der Waals surface area contributed by atoms with Crippen molar-refractivity contribution < 1.29 is 13.9 Å². The standard InChI is InChI=1S/C18H25FN2O2/c19-17-4-2-1-3-15(17)11-20-18(22)13-21-8-5-16(12-21)14-6-9-23-10-7-14/h1-4,14,16H,5-13H2,(H,20,22). The number of hydrogen-bond donors (Lipinski definition) is 1. The molecule has 3 rings (SSSR count). The van der Waals surface area contributed by atoms with Crippen molar-refractivity contribution in [3.63, 3.8) is 0 Å². The zero-order valence-corrected chi connectivity index (χ0v) is 13.5. The summed E-state index contributed by atoms with van der Waals surface area (Å²) in [5, 5.41) is 2.82. The molecule has 0 radical (unpaired) electrons. The van der Waals surface area contributed by atoms with Gasteiger partial charge in [0.15, 0.2) is 0 Å². The average Bonchev–Trinajstić information content (AvgIpc) is 3.03.